The third-order valence-corrected chi connectivity index (χ3v) is 4.60. The third kappa shape index (κ3) is 7.03. The zero-order valence-electron chi connectivity index (χ0n) is 18.2. The quantitative estimate of drug-likeness (QED) is 0.444. The van der Waals surface area contributed by atoms with Gasteiger partial charge in [0.15, 0.2) is 17.5 Å². The molecular formula is C21H34N4O4. The van der Waals surface area contributed by atoms with Crippen molar-refractivity contribution in [2.24, 2.45) is 10.7 Å². The van der Waals surface area contributed by atoms with Crippen molar-refractivity contribution in [3.8, 4) is 11.5 Å². The summed E-state index contributed by atoms with van der Waals surface area (Å²) in [6.07, 6.45) is 1.49. The lowest BCUT2D eigenvalue weighted by atomic mass is 10.1. The number of ether oxygens (including phenoxy) is 3. The van der Waals surface area contributed by atoms with E-state index in [0.717, 1.165) is 24.3 Å². The van der Waals surface area contributed by atoms with E-state index in [0.29, 0.717) is 38.7 Å². The maximum atomic E-state index is 12.1. The summed E-state index contributed by atoms with van der Waals surface area (Å²) in [4.78, 5) is 20.4. The Labute approximate surface area is 173 Å². The van der Waals surface area contributed by atoms with Crippen LogP contribution in [0.5, 0.6) is 11.5 Å². The van der Waals surface area contributed by atoms with Crippen LogP contribution in [0.4, 0.5) is 4.79 Å². The van der Waals surface area contributed by atoms with Crippen LogP contribution in [-0.2, 0) is 11.2 Å². The molecule has 0 spiro atoms. The standard InChI is InChI=1S/C21H34N4O4/c1-21(2,3)29-20(26)25-13-11-24(12-14-25)19(22)23-10-6-7-16-8-9-17(27-4)18(15-16)28-5/h8-9,15H,6-7,10-14H2,1-5H3,(H2,22,23). The van der Waals surface area contributed by atoms with Gasteiger partial charge in [-0.15, -0.1) is 0 Å². The Morgan fingerprint density at radius 3 is 2.28 bits per heavy atom. The minimum atomic E-state index is -0.484. The van der Waals surface area contributed by atoms with Crippen LogP contribution in [0.15, 0.2) is 23.2 Å². The van der Waals surface area contributed by atoms with Gasteiger partial charge in [-0.3, -0.25) is 4.99 Å². The number of piperazine rings is 1. The van der Waals surface area contributed by atoms with Crippen molar-refractivity contribution in [3.63, 3.8) is 0 Å². The van der Waals surface area contributed by atoms with Crippen molar-refractivity contribution in [1.82, 2.24) is 9.80 Å². The van der Waals surface area contributed by atoms with E-state index in [1.54, 1.807) is 19.1 Å². The molecule has 0 saturated carbocycles. The van der Waals surface area contributed by atoms with E-state index < -0.39 is 5.60 Å². The molecule has 0 unspecified atom stereocenters. The van der Waals surface area contributed by atoms with Crippen molar-refractivity contribution in [2.45, 2.75) is 39.2 Å². The van der Waals surface area contributed by atoms with Gasteiger partial charge in [0.25, 0.3) is 0 Å². The number of guanidine groups is 1. The summed E-state index contributed by atoms with van der Waals surface area (Å²) in [7, 11) is 3.26. The summed E-state index contributed by atoms with van der Waals surface area (Å²) in [6.45, 7) is 8.73. The van der Waals surface area contributed by atoms with Crippen LogP contribution in [0.1, 0.15) is 32.8 Å². The molecule has 1 heterocycles. The fourth-order valence-electron chi connectivity index (χ4n) is 3.06. The second-order valence-corrected chi connectivity index (χ2v) is 7.99. The highest BCUT2D eigenvalue weighted by molar-refractivity contribution is 5.78. The monoisotopic (exact) mass is 406 g/mol. The number of benzene rings is 1. The summed E-state index contributed by atoms with van der Waals surface area (Å²) in [5, 5.41) is 0. The highest BCUT2D eigenvalue weighted by Crippen LogP contribution is 2.27. The molecule has 0 atom stereocenters. The molecule has 0 radical (unpaired) electrons. The zero-order chi connectivity index (χ0) is 21.4. The van der Waals surface area contributed by atoms with E-state index in [4.69, 9.17) is 19.9 Å². The van der Waals surface area contributed by atoms with Crippen LogP contribution in [0, 0.1) is 0 Å². The molecule has 2 N–H and O–H groups in total. The van der Waals surface area contributed by atoms with Crippen molar-refractivity contribution in [1.29, 1.82) is 0 Å². The van der Waals surface area contributed by atoms with Crippen LogP contribution >= 0.6 is 0 Å². The van der Waals surface area contributed by atoms with Gasteiger partial charge in [-0.05, 0) is 51.3 Å². The SMILES string of the molecule is COc1ccc(CCCN=C(N)N2CCN(C(=O)OC(C)(C)C)CC2)cc1OC. The Kier molecular flexibility index (Phi) is 7.99. The van der Waals surface area contributed by atoms with Gasteiger partial charge in [0.05, 0.1) is 14.2 Å². The maximum absolute atomic E-state index is 12.1. The highest BCUT2D eigenvalue weighted by Gasteiger charge is 2.26. The number of methoxy groups -OCH3 is 2. The number of nitrogens with two attached hydrogens (primary N) is 1. The molecule has 1 fully saturated rings. The molecule has 1 aliphatic heterocycles. The van der Waals surface area contributed by atoms with E-state index in [9.17, 15) is 4.79 Å². The predicted molar refractivity (Wildman–Crippen MR) is 114 cm³/mol. The first-order chi connectivity index (χ1) is 13.7. The van der Waals surface area contributed by atoms with Crippen LogP contribution in [0.3, 0.4) is 0 Å². The van der Waals surface area contributed by atoms with E-state index in [1.807, 2.05) is 43.9 Å². The van der Waals surface area contributed by atoms with Gasteiger partial charge in [0.1, 0.15) is 5.60 Å². The molecule has 1 aliphatic rings. The normalized spacial score (nSPS) is 15.3. The number of aliphatic imine (C=N–C) groups is 1. The van der Waals surface area contributed by atoms with E-state index in [-0.39, 0.29) is 6.09 Å². The number of hydrogen-bond donors (Lipinski definition) is 1. The first kappa shape index (κ1) is 22.6. The first-order valence-electron chi connectivity index (χ1n) is 9.97. The van der Waals surface area contributed by atoms with E-state index >= 15 is 0 Å². The summed E-state index contributed by atoms with van der Waals surface area (Å²) < 4.78 is 16.0. The first-order valence-corrected chi connectivity index (χ1v) is 9.97. The van der Waals surface area contributed by atoms with Gasteiger partial charge in [-0.25, -0.2) is 4.79 Å². The second kappa shape index (κ2) is 10.2. The zero-order valence-corrected chi connectivity index (χ0v) is 18.2. The molecule has 8 heteroatoms. The Balaban J connectivity index is 1.76. The summed E-state index contributed by atoms with van der Waals surface area (Å²) in [5.74, 6) is 1.99. The lowest BCUT2D eigenvalue weighted by Crippen LogP contribution is -2.53. The van der Waals surface area contributed by atoms with Crippen LogP contribution in [-0.4, -0.2) is 74.4 Å². The Morgan fingerprint density at radius 2 is 1.69 bits per heavy atom. The number of carbonyl (C=O) groups is 1. The Morgan fingerprint density at radius 1 is 1.07 bits per heavy atom. The van der Waals surface area contributed by atoms with Gasteiger partial charge < -0.3 is 29.7 Å². The average Bonchev–Trinajstić information content (AvgIpc) is 2.69. The minimum Gasteiger partial charge on any atom is -0.493 e. The molecule has 162 valence electrons. The molecule has 2 rings (SSSR count). The van der Waals surface area contributed by atoms with Gasteiger partial charge in [-0.2, -0.15) is 0 Å². The lowest BCUT2D eigenvalue weighted by molar-refractivity contribution is 0.0186. The molecule has 1 saturated heterocycles. The molecule has 0 aromatic heterocycles. The Bertz CT molecular complexity index is 707. The van der Waals surface area contributed by atoms with E-state index in [1.165, 1.54) is 5.56 Å². The minimum absolute atomic E-state index is 0.275. The van der Waals surface area contributed by atoms with E-state index in [2.05, 4.69) is 4.99 Å². The fourth-order valence-corrected chi connectivity index (χ4v) is 3.06. The molecule has 1 aromatic carbocycles. The summed E-state index contributed by atoms with van der Waals surface area (Å²) >= 11 is 0. The molecule has 0 aliphatic carbocycles. The third-order valence-electron chi connectivity index (χ3n) is 4.60. The summed E-state index contributed by atoms with van der Waals surface area (Å²) in [6, 6.07) is 5.93. The number of carbonyl (C=O) groups excluding carboxylic acids is 1. The smallest absolute Gasteiger partial charge is 0.410 e. The van der Waals surface area contributed by atoms with Gasteiger partial charge in [-0.1, -0.05) is 6.07 Å². The van der Waals surface area contributed by atoms with Gasteiger partial charge >= 0.3 is 6.09 Å². The molecule has 8 nitrogen and oxygen atoms in total. The van der Waals surface area contributed by atoms with Crippen molar-refractivity contribution in [3.05, 3.63) is 23.8 Å². The van der Waals surface area contributed by atoms with Crippen molar-refractivity contribution in [2.75, 3.05) is 46.9 Å². The van der Waals surface area contributed by atoms with Crippen LogP contribution in [0.25, 0.3) is 0 Å². The Hall–Kier alpha value is -2.64. The number of nitrogens with zero attached hydrogens (tertiary/aromatic N) is 3. The van der Waals surface area contributed by atoms with Gasteiger partial charge in [0.2, 0.25) is 0 Å². The number of hydrogen-bond acceptors (Lipinski definition) is 5. The average molecular weight is 407 g/mol. The molecule has 0 bridgehead atoms. The lowest BCUT2D eigenvalue weighted by Gasteiger charge is -2.36. The fraction of sp³-hybridized carbons (Fsp3) is 0.619. The van der Waals surface area contributed by atoms with Crippen molar-refractivity contribution < 1.29 is 19.0 Å². The van der Waals surface area contributed by atoms with Gasteiger partial charge in [0, 0.05) is 32.7 Å². The predicted octanol–water partition coefficient (Wildman–Crippen LogP) is 2.50. The largest absolute Gasteiger partial charge is 0.493 e. The highest BCUT2D eigenvalue weighted by atomic mass is 16.6. The van der Waals surface area contributed by atoms with Crippen LogP contribution < -0.4 is 15.2 Å². The number of aryl methyl sites for hydroxylation is 1. The molecular weight excluding hydrogens is 372 g/mol. The molecule has 29 heavy (non-hydrogen) atoms. The second-order valence-electron chi connectivity index (χ2n) is 7.99. The number of rotatable bonds is 6. The van der Waals surface area contributed by atoms with Crippen molar-refractivity contribution >= 4 is 12.1 Å². The number of amides is 1. The summed E-state index contributed by atoms with van der Waals surface area (Å²) in [5.41, 5.74) is 6.82. The molecule has 1 aromatic rings. The molecule has 1 amide bonds. The topological polar surface area (TPSA) is 89.6 Å². The maximum Gasteiger partial charge on any atom is 0.410 e. The van der Waals surface area contributed by atoms with Crippen LogP contribution in [0.2, 0.25) is 0 Å².